The predicted molar refractivity (Wildman–Crippen MR) is 66.6 cm³/mol. The van der Waals surface area contributed by atoms with Gasteiger partial charge in [-0.1, -0.05) is 0 Å². The predicted octanol–water partition coefficient (Wildman–Crippen LogP) is 1.52. The Bertz CT molecular complexity index is 210. The highest BCUT2D eigenvalue weighted by atomic mass is 16.2. The van der Waals surface area contributed by atoms with Gasteiger partial charge in [-0.25, -0.2) is 4.79 Å². The Kier molecular flexibility index (Phi) is 5.60. The number of hydrogen-bond acceptors (Lipinski definition) is 2. The monoisotopic (exact) mass is 227 g/mol. The number of carbonyl (C=O) groups excluding carboxylic acids is 1. The van der Waals surface area contributed by atoms with Crippen molar-refractivity contribution in [3.05, 3.63) is 0 Å². The largest absolute Gasteiger partial charge is 0.325 e. The van der Waals surface area contributed by atoms with Crippen molar-refractivity contribution < 1.29 is 4.79 Å². The Morgan fingerprint density at radius 1 is 1.19 bits per heavy atom. The van der Waals surface area contributed by atoms with Crippen molar-refractivity contribution in [2.75, 3.05) is 32.7 Å². The molecule has 0 radical (unpaired) electrons. The fourth-order valence-corrected chi connectivity index (χ4v) is 2.22. The minimum Gasteiger partial charge on any atom is -0.325 e. The Hall–Kier alpha value is -0.770. The molecule has 1 N–H and O–H groups in total. The lowest BCUT2D eigenvalue weighted by molar-refractivity contribution is 0.155. The molecule has 0 aliphatic carbocycles. The van der Waals surface area contributed by atoms with Gasteiger partial charge < -0.3 is 15.1 Å². The third-order valence-corrected chi connectivity index (χ3v) is 3.29. The van der Waals surface area contributed by atoms with Gasteiger partial charge in [-0.3, -0.25) is 0 Å². The van der Waals surface area contributed by atoms with Gasteiger partial charge in [0, 0.05) is 32.2 Å². The van der Waals surface area contributed by atoms with Crippen LogP contribution >= 0.6 is 0 Å². The van der Waals surface area contributed by atoms with Crippen molar-refractivity contribution in [2.24, 2.45) is 0 Å². The van der Waals surface area contributed by atoms with Crippen LogP contribution in [0, 0.1) is 0 Å². The van der Waals surface area contributed by atoms with Crippen LogP contribution in [0.15, 0.2) is 0 Å². The maximum atomic E-state index is 12.1. The quantitative estimate of drug-likeness (QED) is 0.773. The molecule has 1 atom stereocenters. The van der Waals surface area contributed by atoms with E-state index in [-0.39, 0.29) is 6.03 Å². The average molecular weight is 227 g/mol. The molecule has 1 saturated heterocycles. The van der Waals surface area contributed by atoms with Crippen molar-refractivity contribution in [2.45, 2.75) is 39.7 Å². The third-order valence-electron chi connectivity index (χ3n) is 3.29. The molecule has 0 aromatic rings. The van der Waals surface area contributed by atoms with E-state index in [4.69, 9.17) is 0 Å². The maximum absolute atomic E-state index is 12.1. The molecule has 1 fully saturated rings. The molecule has 4 nitrogen and oxygen atoms in total. The second kappa shape index (κ2) is 6.74. The topological polar surface area (TPSA) is 35.6 Å². The second-order valence-electron chi connectivity index (χ2n) is 4.29. The van der Waals surface area contributed by atoms with Crippen LogP contribution in [0.25, 0.3) is 0 Å². The summed E-state index contributed by atoms with van der Waals surface area (Å²) in [6, 6.07) is 0.681. The number of nitrogens with zero attached hydrogens (tertiary/aromatic N) is 2. The lowest BCUT2D eigenvalue weighted by Crippen LogP contribution is -2.47. The highest BCUT2D eigenvalue weighted by Crippen LogP contribution is 2.08. The van der Waals surface area contributed by atoms with Gasteiger partial charge in [0.05, 0.1) is 0 Å². The van der Waals surface area contributed by atoms with Gasteiger partial charge >= 0.3 is 6.03 Å². The van der Waals surface area contributed by atoms with Gasteiger partial charge in [-0.05, 0) is 40.2 Å². The fourth-order valence-electron chi connectivity index (χ4n) is 2.22. The first-order valence-electron chi connectivity index (χ1n) is 6.50. The SMILES string of the molecule is CCN(CC)C(=O)N(CC)CC1CCCN1. The molecule has 2 amide bonds. The summed E-state index contributed by atoms with van der Waals surface area (Å²) in [6.07, 6.45) is 2.43. The van der Waals surface area contributed by atoms with Crippen LogP contribution in [0.1, 0.15) is 33.6 Å². The Labute approximate surface area is 99.0 Å². The van der Waals surface area contributed by atoms with Crippen molar-refractivity contribution in [1.29, 1.82) is 0 Å². The highest BCUT2D eigenvalue weighted by molar-refractivity contribution is 5.74. The van der Waals surface area contributed by atoms with Crippen LogP contribution in [-0.4, -0.2) is 54.6 Å². The average Bonchev–Trinajstić information content (AvgIpc) is 2.80. The minimum absolute atomic E-state index is 0.182. The molecule has 0 aromatic carbocycles. The Morgan fingerprint density at radius 2 is 1.81 bits per heavy atom. The first-order chi connectivity index (χ1) is 7.72. The molecule has 94 valence electrons. The lowest BCUT2D eigenvalue weighted by atomic mass is 10.2. The molecular weight excluding hydrogens is 202 g/mol. The number of urea groups is 1. The van der Waals surface area contributed by atoms with Crippen LogP contribution in [-0.2, 0) is 0 Å². The number of rotatable bonds is 5. The van der Waals surface area contributed by atoms with E-state index in [0.717, 1.165) is 32.7 Å². The van der Waals surface area contributed by atoms with E-state index in [0.29, 0.717) is 6.04 Å². The maximum Gasteiger partial charge on any atom is 0.320 e. The van der Waals surface area contributed by atoms with Crippen molar-refractivity contribution in [1.82, 2.24) is 15.1 Å². The van der Waals surface area contributed by atoms with Crippen molar-refractivity contribution >= 4 is 6.03 Å². The molecule has 0 bridgehead atoms. The number of carbonyl (C=O) groups is 1. The molecule has 1 aliphatic rings. The zero-order chi connectivity index (χ0) is 12.0. The molecular formula is C12H25N3O. The normalized spacial score (nSPS) is 19.8. The van der Waals surface area contributed by atoms with E-state index in [2.05, 4.69) is 12.2 Å². The van der Waals surface area contributed by atoms with E-state index in [1.54, 1.807) is 0 Å². The van der Waals surface area contributed by atoms with Crippen LogP contribution in [0.3, 0.4) is 0 Å². The van der Waals surface area contributed by atoms with E-state index in [1.807, 2.05) is 23.6 Å². The van der Waals surface area contributed by atoms with Crippen LogP contribution in [0.2, 0.25) is 0 Å². The van der Waals surface area contributed by atoms with Gasteiger partial charge in [-0.15, -0.1) is 0 Å². The fraction of sp³-hybridized carbons (Fsp3) is 0.917. The Morgan fingerprint density at radius 3 is 2.25 bits per heavy atom. The molecule has 1 heterocycles. The van der Waals surface area contributed by atoms with Crippen molar-refractivity contribution in [3.63, 3.8) is 0 Å². The number of amides is 2. The van der Waals surface area contributed by atoms with Gasteiger partial charge in [0.15, 0.2) is 0 Å². The first kappa shape index (κ1) is 13.3. The van der Waals surface area contributed by atoms with E-state index in [1.165, 1.54) is 12.8 Å². The summed E-state index contributed by atoms with van der Waals surface area (Å²) in [5.41, 5.74) is 0. The molecule has 1 rings (SSSR count). The molecule has 0 aromatic heterocycles. The summed E-state index contributed by atoms with van der Waals surface area (Å²) in [6.45, 7) is 10.5. The zero-order valence-corrected chi connectivity index (χ0v) is 10.8. The highest BCUT2D eigenvalue weighted by Gasteiger charge is 2.22. The molecule has 1 aliphatic heterocycles. The Balaban J connectivity index is 2.48. The summed E-state index contributed by atoms with van der Waals surface area (Å²) in [4.78, 5) is 16.0. The zero-order valence-electron chi connectivity index (χ0n) is 10.8. The van der Waals surface area contributed by atoms with Crippen LogP contribution in [0.4, 0.5) is 4.79 Å². The van der Waals surface area contributed by atoms with E-state index in [9.17, 15) is 4.79 Å². The summed E-state index contributed by atoms with van der Waals surface area (Å²) >= 11 is 0. The smallest absolute Gasteiger partial charge is 0.320 e. The van der Waals surface area contributed by atoms with Gasteiger partial charge in [-0.2, -0.15) is 0 Å². The van der Waals surface area contributed by atoms with Gasteiger partial charge in [0.1, 0.15) is 0 Å². The molecule has 16 heavy (non-hydrogen) atoms. The van der Waals surface area contributed by atoms with E-state index >= 15 is 0 Å². The first-order valence-corrected chi connectivity index (χ1v) is 6.50. The van der Waals surface area contributed by atoms with Crippen LogP contribution in [0.5, 0.6) is 0 Å². The van der Waals surface area contributed by atoms with Gasteiger partial charge in [0.2, 0.25) is 0 Å². The standard InChI is InChI=1S/C12H25N3O/c1-4-14(5-2)12(16)15(6-3)10-11-8-7-9-13-11/h11,13H,4-10H2,1-3H3. The minimum atomic E-state index is 0.182. The third kappa shape index (κ3) is 3.37. The number of likely N-dealkylation sites (N-methyl/N-ethyl adjacent to an activating group) is 1. The van der Waals surface area contributed by atoms with E-state index < -0.39 is 0 Å². The molecule has 0 spiro atoms. The summed E-state index contributed by atoms with van der Waals surface area (Å²) in [7, 11) is 0. The summed E-state index contributed by atoms with van der Waals surface area (Å²) in [5, 5.41) is 3.44. The second-order valence-corrected chi connectivity index (χ2v) is 4.29. The van der Waals surface area contributed by atoms with Crippen LogP contribution < -0.4 is 5.32 Å². The molecule has 0 saturated carbocycles. The number of nitrogens with one attached hydrogen (secondary N) is 1. The lowest BCUT2D eigenvalue weighted by Gasteiger charge is -2.30. The molecule has 4 heteroatoms. The van der Waals surface area contributed by atoms with Gasteiger partial charge in [0.25, 0.3) is 0 Å². The van der Waals surface area contributed by atoms with Crippen molar-refractivity contribution in [3.8, 4) is 0 Å². The summed E-state index contributed by atoms with van der Waals surface area (Å²) in [5.74, 6) is 0. The number of hydrogen-bond donors (Lipinski definition) is 1. The molecule has 1 unspecified atom stereocenters. The summed E-state index contributed by atoms with van der Waals surface area (Å²) < 4.78 is 0.